The van der Waals surface area contributed by atoms with Gasteiger partial charge >= 0.3 is 10.1 Å². The van der Waals surface area contributed by atoms with Crippen molar-refractivity contribution in [3.05, 3.63) is 36.0 Å². The summed E-state index contributed by atoms with van der Waals surface area (Å²) in [6.07, 6.45) is 3.37. The minimum absolute atomic E-state index is 0.194. The maximum atomic E-state index is 11.2. The van der Waals surface area contributed by atoms with Gasteiger partial charge in [-0.05, 0) is 17.6 Å². The highest BCUT2D eigenvalue weighted by atomic mass is 32.2. The Morgan fingerprint density at radius 3 is 2.59 bits per heavy atom. The fourth-order valence-corrected chi connectivity index (χ4v) is 2.48. The lowest BCUT2D eigenvalue weighted by atomic mass is 10.2. The van der Waals surface area contributed by atoms with Crippen LogP contribution in [0.4, 0.5) is 0 Å². The molecule has 7 heteroatoms. The normalized spacial score (nSPS) is 11.6. The highest BCUT2D eigenvalue weighted by Gasteiger charge is 2.15. The second-order valence-electron chi connectivity index (χ2n) is 3.34. The van der Waals surface area contributed by atoms with Crippen molar-refractivity contribution in [2.75, 3.05) is 7.11 Å². The molecule has 17 heavy (non-hydrogen) atoms. The third-order valence-electron chi connectivity index (χ3n) is 2.19. The van der Waals surface area contributed by atoms with Gasteiger partial charge in [0.25, 0.3) is 5.88 Å². The van der Waals surface area contributed by atoms with Gasteiger partial charge in [-0.1, -0.05) is 0 Å². The Kier molecular flexibility index (Phi) is 3.51. The van der Waals surface area contributed by atoms with E-state index < -0.39 is 10.1 Å². The lowest BCUT2D eigenvalue weighted by molar-refractivity contribution is -0.678. The maximum Gasteiger partial charge on any atom is 0.329 e. The summed E-state index contributed by atoms with van der Waals surface area (Å²) in [4.78, 5) is 0. The predicted octanol–water partition coefficient (Wildman–Crippen LogP) is 1.03. The Morgan fingerprint density at radius 2 is 2.06 bits per heavy atom. The summed E-state index contributed by atoms with van der Waals surface area (Å²) in [5.41, 5.74) is 1.84. The van der Waals surface area contributed by atoms with E-state index in [2.05, 4.69) is 8.56 Å². The first kappa shape index (κ1) is 12.2. The monoisotopic (exact) mass is 271 g/mol. The molecule has 0 aliphatic rings. The van der Waals surface area contributed by atoms with Crippen molar-refractivity contribution in [1.29, 1.82) is 0 Å². The molecule has 0 aromatic carbocycles. The summed E-state index contributed by atoms with van der Waals surface area (Å²) in [7, 11) is -2.34. The molecule has 2 aromatic rings. The summed E-state index contributed by atoms with van der Waals surface area (Å²) in [6.45, 7) is 0. The van der Waals surface area contributed by atoms with Crippen molar-refractivity contribution in [2.24, 2.45) is 0 Å². The largest absolute Gasteiger partial charge is 0.329 e. The van der Waals surface area contributed by atoms with Crippen LogP contribution in [0.1, 0.15) is 0 Å². The zero-order valence-electron chi connectivity index (χ0n) is 9.11. The van der Waals surface area contributed by atoms with Crippen LogP contribution in [0.25, 0.3) is 11.3 Å². The molecule has 2 heterocycles. The van der Waals surface area contributed by atoms with Crippen LogP contribution in [0, 0.1) is 0 Å². The van der Waals surface area contributed by atoms with Crippen molar-refractivity contribution >= 4 is 21.7 Å². The van der Waals surface area contributed by atoms with E-state index in [1.54, 1.807) is 12.4 Å². The summed E-state index contributed by atoms with van der Waals surface area (Å²) in [5.74, 6) is -0.194. The first-order chi connectivity index (χ1) is 8.11. The Hall–Kier alpha value is -1.31. The Labute approximate surface area is 104 Å². The minimum atomic E-state index is -3.49. The van der Waals surface area contributed by atoms with Crippen molar-refractivity contribution in [1.82, 2.24) is 4.37 Å². The lowest BCUT2D eigenvalue weighted by Crippen LogP contribution is -2.37. The van der Waals surface area contributed by atoms with Gasteiger partial charge in [-0.25, -0.2) is 0 Å². The van der Waals surface area contributed by atoms with E-state index in [1.165, 1.54) is 16.1 Å². The fraction of sp³-hybridized carbons (Fsp3) is 0.200. The highest BCUT2D eigenvalue weighted by molar-refractivity contribution is 7.85. The molecular formula is C10H11N2O3S2+. The third-order valence-corrected chi connectivity index (χ3v) is 3.87. The molecular weight excluding hydrogens is 260 g/mol. The van der Waals surface area contributed by atoms with Crippen LogP contribution in [0.5, 0.6) is 0 Å². The van der Waals surface area contributed by atoms with Crippen LogP contribution in [-0.2, 0) is 20.2 Å². The van der Waals surface area contributed by atoms with Gasteiger partial charge in [0, 0.05) is 23.1 Å². The van der Waals surface area contributed by atoms with Gasteiger partial charge in [-0.2, -0.15) is 17.4 Å². The molecule has 2 aromatic heterocycles. The predicted molar refractivity (Wildman–Crippen MR) is 63.7 cm³/mol. The number of hydrogen-bond donors (Lipinski definition) is 0. The fourth-order valence-electron chi connectivity index (χ4n) is 1.31. The number of rotatable bonds is 4. The second-order valence-corrected chi connectivity index (χ2v) is 5.71. The van der Waals surface area contributed by atoms with E-state index in [1.807, 2.05) is 23.6 Å². The van der Waals surface area contributed by atoms with Gasteiger partial charge < -0.3 is 0 Å². The second kappa shape index (κ2) is 4.91. The van der Waals surface area contributed by atoms with Crippen molar-refractivity contribution in [3.8, 4) is 11.3 Å². The molecule has 0 saturated carbocycles. The highest BCUT2D eigenvalue weighted by Crippen LogP contribution is 2.16. The smallest absolute Gasteiger partial charge is 0.269 e. The van der Waals surface area contributed by atoms with Crippen LogP contribution >= 0.6 is 11.5 Å². The molecule has 0 fully saturated rings. The molecule has 0 atom stereocenters. The van der Waals surface area contributed by atoms with Gasteiger partial charge in [-0.3, -0.25) is 4.18 Å². The molecule has 0 radical (unpaired) electrons. The summed E-state index contributed by atoms with van der Waals surface area (Å²) in [6, 6.07) is 5.55. The molecule has 90 valence electrons. The summed E-state index contributed by atoms with van der Waals surface area (Å²) in [5, 5.41) is 1.89. The van der Waals surface area contributed by atoms with Gasteiger partial charge in [0.05, 0.1) is 12.8 Å². The van der Waals surface area contributed by atoms with Crippen LogP contribution in [-0.4, -0.2) is 19.9 Å². The molecule has 0 aliphatic heterocycles. The van der Waals surface area contributed by atoms with E-state index >= 15 is 0 Å². The van der Waals surface area contributed by atoms with E-state index in [9.17, 15) is 8.42 Å². The molecule has 0 aliphatic carbocycles. The van der Waals surface area contributed by atoms with E-state index in [0.717, 1.165) is 18.4 Å². The van der Waals surface area contributed by atoms with Crippen LogP contribution in [0.15, 0.2) is 36.0 Å². The minimum Gasteiger partial charge on any atom is -0.269 e. The van der Waals surface area contributed by atoms with Crippen molar-refractivity contribution in [3.63, 3.8) is 0 Å². The van der Waals surface area contributed by atoms with Crippen LogP contribution in [0.2, 0.25) is 0 Å². The van der Waals surface area contributed by atoms with Gasteiger partial charge in [0.2, 0.25) is 0 Å². The zero-order valence-corrected chi connectivity index (χ0v) is 10.7. The van der Waals surface area contributed by atoms with Gasteiger partial charge in [0.15, 0.2) is 12.4 Å². The van der Waals surface area contributed by atoms with Gasteiger partial charge in [0.1, 0.15) is 0 Å². The zero-order chi connectivity index (χ0) is 12.3. The first-order valence-electron chi connectivity index (χ1n) is 4.79. The van der Waals surface area contributed by atoms with E-state index in [-0.39, 0.29) is 5.88 Å². The number of pyridine rings is 1. The van der Waals surface area contributed by atoms with Crippen molar-refractivity contribution < 1.29 is 17.2 Å². The van der Waals surface area contributed by atoms with Crippen LogP contribution in [0.3, 0.4) is 0 Å². The molecule has 5 nitrogen and oxygen atoms in total. The number of aromatic nitrogens is 2. The Balaban J connectivity index is 2.19. The average Bonchev–Trinajstić information content (AvgIpc) is 2.83. The topological polar surface area (TPSA) is 60.1 Å². The van der Waals surface area contributed by atoms with E-state index in [4.69, 9.17) is 0 Å². The third kappa shape index (κ3) is 3.09. The summed E-state index contributed by atoms with van der Waals surface area (Å²) >= 11 is 1.38. The molecule has 0 bridgehead atoms. The summed E-state index contributed by atoms with van der Waals surface area (Å²) < 4.78 is 32.6. The SMILES string of the molecule is COS(=O)(=O)C[n+]1ccc(-c2ccsn2)cc1. The first-order valence-corrected chi connectivity index (χ1v) is 7.20. The molecule has 0 spiro atoms. The molecule has 2 rings (SSSR count). The van der Waals surface area contributed by atoms with E-state index in [0.29, 0.717) is 0 Å². The molecule has 0 amide bonds. The van der Waals surface area contributed by atoms with Crippen LogP contribution < -0.4 is 4.57 Å². The Morgan fingerprint density at radius 1 is 1.35 bits per heavy atom. The molecule has 0 unspecified atom stereocenters. The average molecular weight is 271 g/mol. The van der Waals surface area contributed by atoms with Crippen molar-refractivity contribution in [2.45, 2.75) is 5.88 Å². The quantitative estimate of drug-likeness (QED) is 0.615. The molecule has 0 N–H and O–H groups in total. The Bertz CT molecular complexity index is 577. The lowest BCUT2D eigenvalue weighted by Gasteiger charge is -1.98. The van der Waals surface area contributed by atoms with Gasteiger partial charge in [-0.15, -0.1) is 0 Å². The number of hydrogen-bond acceptors (Lipinski definition) is 5. The maximum absolute atomic E-state index is 11.2. The standard InChI is InChI=1S/C10H11N2O3S2/c1-15-17(13,14)8-12-5-2-9(3-6-12)10-4-7-16-11-10/h2-7H,8H2,1H3/q+1. The molecule has 0 saturated heterocycles. The number of nitrogens with zero attached hydrogens (tertiary/aromatic N) is 2.